The van der Waals surface area contributed by atoms with Gasteiger partial charge in [0.15, 0.2) is 0 Å². The van der Waals surface area contributed by atoms with E-state index in [1.807, 2.05) is 44.2 Å². The number of amides is 1. The van der Waals surface area contributed by atoms with Gasteiger partial charge in [-0.2, -0.15) is 5.10 Å². The van der Waals surface area contributed by atoms with Gasteiger partial charge in [0.1, 0.15) is 5.82 Å². The first kappa shape index (κ1) is 23.5. The zero-order valence-corrected chi connectivity index (χ0v) is 21.0. The summed E-state index contributed by atoms with van der Waals surface area (Å²) in [5, 5.41) is 8.71. The molecule has 1 amide bonds. The third-order valence-corrected chi connectivity index (χ3v) is 6.93. The van der Waals surface area contributed by atoms with E-state index < -0.39 is 0 Å². The fourth-order valence-electron chi connectivity index (χ4n) is 4.79. The Hall–Kier alpha value is -4.19. The minimum Gasteiger partial charge on any atom is -0.340 e. The highest BCUT2D eigenvalue weighted by atomic mass is 19.1. The molecule has 0 fully saturated rings. The molecule has 2 heterocycles. The van der Waals surface area contributed by atoms with Crippen molar-refractivity contribution in [2.75, 3.05) is 5.32 Å². The predicted molar refractivity (Wildman–Crippen MR) is 142 cm³/mol. The van der Waals surface area contributed by atoms with Crippen LogP contribution in [-0.4, -0.2) is 20.3 Å². The van der Waals surface area contributed by atoms with E-state index in [9.17, 15) is 9.18 Å². The Morgan fingerprint density at radius 1 is 0.861 bits per heavy atom. The quantitative estimate of drug-likeness (QED) is 0.299. The lowest BCUT2D eigenvalue weighted by Crippen LogP contribution is -2.13. The standard InChI is InChI=1S/C30H29FN4O/c1-19-21(3)34(17-23-9-6-5-7-10-23)28-14-13-25(16-27(19)28)30(36)32-29-20(2)33-35(22(29)4)18-24-11-8-12-26(31)15-24/h5-16H,17-18H2,1-4H3,(H,32,36). The fraction of sp³-hybridized carbons (Fsp3) is 0.200. The van der Waals surface area contributed by atoms with Crippen LogP contribution in [0.5, 0.6) is 0 Å². The van der Waals surface area contributed by atoms with Gasteiger partial charge in [0, 0.05) is 28.7 Å². The first-order valence-electron chi connectivity index (χ1n) is 12.0. The van der Waals surface area contributed by atoms with Gasteiger partial charge in [0.2, 0.25) is 0 Å². The Balaban J connectivity index is 1.41. The van der Waals surface area contributed by atoms with Crippen LogP contribution in [0.3, 0.4) is 0 Å². The molecule has 182 valence electrons. The van der Waals surface area contributed by atoms with Gasteiger partial charge >= 0.3 is 0 Å². The third-order valence-electron chi connectivity index (χ3n) is 6.93. The van der Waals surface area contributed by atoms with Crippen LogP contribution in [0.1, 0.15) is 44.1 Å². The first-order valence-corrected chi connectivity index (χ1v) is 12.0. The summed E-state index contributed by atoms with van der Waals surface area (Å²) in [5.41, 5.74) is 8.36. The maximum absolute atomic E-state index is 13.6. The highest BCUT2D eigenvalue weighted by Crippen LogP contribution is 2.28. The predicted octanol–water partition coefficient (Wildman–Crippen LogP) is 6.56. The topological polar surface area (TPSA) is 51.9 Å². The SMILES string of the molecule is Cc1nn(Cc2cccc(F)c2)c(C)c1NC(=O)c1ccc2c(c1)c(C)c(C)n2Cc1ccccc1. The van der Waals surface area contributed by atoms with Crippen molar-refractivity contribution in [1.82, 2.24) is 14.3 Å². The average Bonchev–Trinajstić information content (AvgIpc) is 3.26. The average molecular weight is 481 g/mol. The molecule has 2 aromatic heterocycles. The van der Waals surface area contributed by atoms with Gasteiger partial charge in [-0.3, -0.25) is 9.48 Å². The molecule has 5 aromatic rings. The molecular formula is C30H29FN4O. The van der Waals surface area contributed by atoms with Crippen LogP contribution in [0.15, 0.2) is 72.8 Å². The molecule has 0 aliphatic heterocycles. The van der Waals surface area contributed by atoms with Gasteiger partial charge in [0.25, 0.3) is 5.91 Å². The van der Waals surface area contributed by atoms with E-state index in [-0.39, 0.29) is 11.7 Å². The second-order valence-electron chi connectivity index (χ2n) is 9.30. The number of carbonyl (C=O) groups excluding carboxylic acids is 1. The number of hydrogen-bond acceptors (Lipinski definition) is 2. The Morgan fingerprint density at radius 3 is 2.36 bits per heavy atom. The molecule has 0 aliphatic rings. The van der Waals surface area contributed by atoms with E-state index in [2.05, 4.69) is 53.1 Å². The Labute approximate surface area is 210 Å². The van der Waals surface area contributed by atoms with Crippen LogP contribution in [0.2, 0.25) is 0 Å². The Morgan fingerprint density at radius 2 is 1.61 bits per heavy atom. The molecule has 5 nitrogen and oxygen atoms in total. The van der Waals surface area contributed by atoms with Gasteiger partial charge in [0.05, 0.1) is 23.6 Å². The number of nitrogens with one attached hydrogen (secondary N) is 1. The lowest BCUT2D eigenvalue weighted by atomic mass is 10.1. The normalized spacial score (nSPS) is 11.2. The molecule has 36 heavy (non-hydrogen) atoms. The molecule has 3 aromatic carbocycles. The van der Waals surface area contributed by atoms with Crippen molar-refractivity contribution < 1.29 is 9.18 Å². The van der Waals surface area contributed by atoms with Crippen LogP contribution >= 0.6 is 0 Å². The number of carbonyl (C=O) groups is 1. The number of halogens is 1. The van der Waals surface area contributed by atoms with Crippen molar-refractivity contribution in [3.8, 4) is 0 Å². The third kappa shape index (κ3) is 4.42. The summed E-state index contributed by atoms with van der Waals surface area (Å²) in [6, 6.07) is 22.7. The zero-order valence-electron chi connectivity index (χ0n) is 21.0. The van der Waals surface area contributed by atoms with Crippen LogP contribution in [0.25, 0.3) is 10.9 Å². The van der Waals surface area contributed by atoms with Crippen molar-refractivity contribution >= 4 is 22.5 Å². The summed E-state index contributed by atoms with van der Waals surface area (Å²) in [6.45, 7) is 9.22. The minimum absolute atomic E-state index is 0.179. The molecule has 0 radical (unpaired) electrons. The van der Waals surface area contributed by atoms with E-state index in [1.54, 1.807) is 10.7 Å². The molecule has 0 unspecified atom stereocenters. The van der Waals surface area contributed by atoms with Crippen molar-refractivity contribution in [2.24, 2.45) is 0 Å². The number of nitrogens with zero attached hydrogens (tertiary/aromatic N) is 3. The highest BCUT2D eigenvalue weighted by Gasteiger charge is 2.18. The Bertz CT molecular complexity index is 1580. The first-order chi connectivity index (χ1) is 17.3. The second kappa shape index (κ2) is 9.46. The summed E-state index contributed by atoms with van der Waals surface area (Å²) in [7, 11) is 0. The van der Waals surface area contributed by atoms with E-state index >= 15 is 0 Å². The van der Waals surface area contributed by atoms with E-state index in [0.717, 1.165) is 34.4 Å². The van der Waals surface area contributed by atoms with E-state index in [4.69, 9.17) is 0 Å². The van der Waals surface area contributed by atoms with E-state index in [1.165, 1.54) is 29.0 Å². The number of fused-ring (bicyclic) bond motifs is 1. The van der Waals surface area contributed by atoms with Crippen LogP contribution in [-0.2, 0) is 13.1 Å². The lowest BCUT2D eigenvalue weighted by molar-refractivity contribution is 0.102. The highest BCUT2D eigenvalue weighted by molar-refractivity contribution is 6.07. The van der Waals surface area contributed by atoms with Crippen molar-refractivity contribution in [3.63, 3.8) is 0 Å². The molecule has 5 rings (SSSR count). The molecule has 6 heteroatoms. The number of anilines is 1. The fourth-order valence-corrected chi connectivity index (χ4v) is 4.79. The van der Waals surface area contributed by atoms with Crippen LogP contribution in [0, 0.1) is 33.5 Å². The molecule has 0 saturated heterocycles. The Kier molecular flexibility index (Phi) is 6.18. The molecule has 0 atom stereocenters. The van der Waals surface area contributed by atoms with Crippen molar-refractivity contribution in [1.29, 1.82) is 0 Å². The molecule has 1 N–H and O–H groups in total. The summed E-state index contributed by atoms with van der Waals surface area (Å²) in [5.74, 6) is -0.456. The summed E-state index contributed by atoms with van der Waals surface area (Å²) in [6.07, 6.45) is 0. The monoisotopic (exact) mass is 480 g/mol. The molecule has 0 bridgehead atoms. The smallest absolute Gasteiger partial charge is 0.255 e. The van der Waals surface area contributed by atoms with Crippen molar-refractivity contribution in [3.05, 3.63) is 118 Å². The summed E-state index contributed by atoms with van der Waals surface area (Å²) >= 11 is 0. The summed E-state index contributed by atoms with van der Waals surface area (Å²) < 4.78 is 17.7. The van der Waals surface area contributed by atoms with Crippen LogP contribution < -0.4 is 5.32 Å². The van der Waals surface area contributed by atoms with Gasteiger partial charge in [-0.1, -0.05) is 42.5 Å². The van der Waals surface area contributed by atoms with Gasteiger partial charge < -0.3 is 9.88 Å². The number of aryl methyl sites for hydroxylation is 2. The number of aromatic nitrogens is 3. The minimum atomic E-state index is -0.277. The number of rotatable bonds is 6. The number of hydrogen-bond donors (Lipinski definition) is 1. The zero-order chi connectivity index (χ0) is 25.4. The second-order valence-corrected chi connectivity index (χ2v) is 9.30. The molecule has 0 spiro atoms. The van der Waals surface area contributed by atoms with Crippen LogP contribution in [0.4, 0.5) is 10.1 Å². The molecule has 0 aliphatic carbocycles. The van der Waals surface area contributed by atoms with Gasteiger partial charge in [-0.25, -0.2) is 4.39 Å². The van der Waals surface area contributed by atoms with Crippen molar-refractivity contribution in [2.45, 2.75) is 40.8 Å². The lowest BCUT2D eigenvalue weighted by Gasteiger charge is -2.10. The number of benzene rings is 3. The maximum Gasteiger partial charge on any atom is 0.255 e. The van der Waals surface area contributed by atoms with Gasteiger partial charge in [-0.05, 0) is 74.7 Å². The van der Waals surface area contributed by atoms with Gasteiger partial charge in [-0.15, -0.1) is 0 Å². The molecular weight excluding hydrogens is 451 g/mol. The molecule has 0 saturated carbocycles. The largest absolute Gasteiger partial charge is 0.340 e. The summed E-state index contributed by atoms with van der Waals surface area (Å²) in [4.78, 5) is 13.3. The van der Waals surface area contributed by atoms with E-state index in [0.29, 0.717) is 17.8 Å². The maximum atomic E-state index is 13.6.